The van der Waals surface area contributed by atoms with Crippen LogP contribution in [-0.2, 0) is 10.2 Å². The maximum absolute atomic E-state index is 12.7. The Morgan fingerprint density at radius 1 is 1.20 bits per heavy atom. The third-order valence-corrected chi connectivity index (χ3v) is 5.83. The van der Waals surface area contributed by atoms with Gasteiger partial charge in [-0.05, 0) is 47.5 Å². The summed E-state index contributed by atoms with van der Waals surface area (Å²) in [5, 5.41) is 13.3. The van der Waals surface area contributed by atoms with Crippen LogP contribution in [0.25, 0.3) is 10.9 Å². The molecule has 0 radical (unpaired) electrons. The molecular formula is C19H24N2O3S. The molecule has 1 aromatic heterocycles. The fourth-order valence-electron chi connectivity index (χ4n) is 3.11. The van der Waals surface area contributed by atoms with Crippen molar-refractivity contribution in [1.29, 1.82) is 0 Å². The summed E-state index contributed by atoms with van der Waals surface area (Å²) in [7, 11) is 0. The molecule has 1 aliphatic rings. The molecule has 0 bridgehead atoms. The van der Waals surface area contributed by atoms with Crippen LogP contribution in [-0.4, -0.2) is 39.0 Å². The Bertz CT molecular complexity index is 814. The van der Waals surface area contributed by atoms with E-state index in [0.29, 0.717) is 18.5 Å². The zero-order valence-corrected chi connectivity index (χ0v) is 15.6. The van der Waals surface area contributed by atoms with Crippen LogP contribution in [0, 0.1) is 0 Å². The van der Waals surface area contributed by atoms with Crippen LogP contribution >= 0.6 is 11.8 Å². The number of carbonyl (C=O) groups is 2. The van der Waals surface area contributed by atoms with E-state index < -0.39 is 11.5 Å². The lowest BCUT2D eigenvalue weighted by Crippen LogP contribution is -2.56. The molecule has 3 rings (SSSR count). The molecule has 0 unspecified atom stereocenters. The number of fused-ring (bicyclic) bond motifs is 1. The lowest BCUT2D eigenvalue weighted by Gasteiger charge is -2.33. The Balaban J connectivity index is 1.88. The standard InChI is InChI=1S/C19H24N2O3S/c1-18(2,3)13-5-4-12-10-15(20-14(12)11-13)16(22)21-19(17(23)24)6-8-25-9-7-19/h4-5,10-11,20H,6-9H2,1-3H3,(H,21,22)(H,23,24). The number of benzene rings is 1. The van der Waals surface area contributed by atoms with Gasteiger partial charge in [0, 0.05) is 10.9 Å². The number of thioether (sulfide) groups is 1. The number of hydrogen-bond acceptors (Lipinski definition) is 3. The zero-order valence-electron chi connectivity index (χ0n) is 14.8. The van der Waals surface area contributed by atoms with E-state index in [1.54, 1.807) is 17.8 Å². The molecule has 1 fully saturated rings. The third kappa shape index (κ3) is 3.54. The largest absolute Gasteiger partial charge is 0.480 e. The van der Waals surface area contributed by atoms with Crippen molar-refractivity contribution in [1.82, 2.24) is 10.3 Å². The highest BCUT2D eigenvalue weighted by Crippen LogP contribution is 2.29. The summed E-state index contributed by atoms with van der Waals surface area (Å²) >= 11 is 1.72. The molecule has 0 spiro atoms. The summed E-state index contributed by atoms with van der Waals surface area (Å²) in [6.45, 7) is 6.42. The Morgan fingerprint density at radius 2 is 1.88 bits per heavy atom. The van der Waals surface area contributed by atoms with Gasteiger partial charge in [-0.15, -0.1) is 0 Å². The predicted octanol–water partition coefficient (Wildman–Crippen LogP) is 3.55. The van der Waals surface area contributed by atoms with E-state index >= 15 is 0 Å². The monoisotopic (exact) mass is 360 g/mol. The van der Waals surface area contributed by atoms with Crippen molar-refractivity contribution in [3.05, 3.63) is 35.5 Å². The number of aromatic nitrogens is 1. The van der Waals surface area contributed by atoms with E-state index in [0.717, 1.165) is 22.4 Å². The average Bonchev–Trinajstić information content (AvgIpc) is 2.98. The fourth-order valence-corrected chi connectivity index (χ4v) is 4.30. The van der Waals surface area contributed by atoms with Crippen LogP contribution in [0.4, 0.5) is 0 Å². The van der Waals surface area contributed by atoms with Gasteiger partial charge in [0.05, 0.1) is 0 Å². The first-order chi connectivity index (χ1) is 11.7. The van der Waals surface area contributed by atoms with Crippen molar-refractivity contribution < 1.29 is 14.7 Å². The third-order valence-electron chi connectivity index (χ3n) is 4.84. The smallest absolute Gasteiger partial charge is 0.329 e. The molecule has 0 atom stereocenters. The van der Waals surface area contributed by atoms with Crippen LogP contribution in [0.3, 0.4) is 0 Å². The average molecular weight is 360 g/mol. The molecule has 5 nitrogen and oxygen atoms in total. The Labute approximate surface area is 151 Å². The first-order valence-electron chi connectivity index (χ1n) is 8.48. The number of carbonyl (C=O) groups excluding carboxylic acids is 1. The number of hydrogen-bond donors (Lipinski definition) is 3. The van der Waals surface area contributed by atoms with Crippen LogP contribution < -0.4 is 5.32 Å². The van der Waals surface area contributed by atoms with Gasteiger partial charge in [0.1, 0.15) is 11.2 Å². The van der Waals surface area contributed by atoms with E-state index in [4.69, 9.17) is 0 Å². The fraction of sp³-hybridized carbons (Fsp3) is 0.474. The van der Waals surface area contributed by atoms with Crippen molar-refractivity contribution in [2.45, 2.75) is 44.6 Å². The van der Waals surface area contributed by atoms with E-state index in [9.17, 15) is 14.7 Å². The number of carboxylic acid groups (broad SMARTS) is 1. The normalized spacial score (nSPS) is 17.4. The van der Waals surface area contributed by atoms with Gasteiger partial charge < -0.3 is 15.4 Å². The Hall–Kier alpha value is -1.95. The maximum Gasteiger partial charge on any atom is 0.329 e. The Kier molecular flexibility index (Phi) is 4.58. The Morgan fingerprint density at radius 3 is 2.48 bits per heavy atom. The van der Waals surface area contributed by atoms with Gasteiger partial charge in [-0.25, -0.2) is 4.79 Å². The van der Waals surface area contributed by atoms with Gasteiger partial charge >= 0.3 is 5.97 Å². The molecule has 1 aromatic carbocycles. The topological polar surface area (TPSA) is 82.2 Å². The molecule has 1 aliphatic heterocycles. The molecule has 0 saturated carbocycles. The highest BCUT2D eigenvalue weighted by atomic mass is 32.2. The second-order valence-electron chi connectivity index (χ2n) is 7.69. The predicted molar refractivity (Wildman–Crippen MR) is 101 cm³/mol. The second kappa shape index (κ2) is 6.41. The van der Waals surface area contributed by atoms with Gasteiger partial charge in [0.15, 0.2) is 0 Å². The number of H-pyrrole nitrogens is 1. The van der Waals surface area contributed by atoms with Gasteiger partial charge in [0.25, 0.3) is 5.91 Å². The zero-order chi connectivity index (χ0) is 18.2. The molecule has 134 valence electrons. The van der Waals surface area contributed by atoms with Gasteiger partial charge in [-0.2, -0.15) is 11.8 Å². The molecule has 2 aromatic rings. The molecule has 1 amide bonds. The molecule has 0 aliphatic carbocycles. The summed E-state index contributed by atoms with van der Waals surface area (Å²) in [5.41, 5.74) is 1.34. The quantitative estimate of drug-likeness (QED) is 0.782. The van der Waals surface area contributed by atoms with Gasteiger partial charge in [-0.3, -0.25) is 4.79 Å². The van der Waals surface area contributed by atoms with E-state index in [2.05, 4.69) is 43.2 Å². The lowest BCUT2D eigenvalue weighted by molar-refractivity contribution is -0.144. The summed E-state index contributed by atoms with van der Waals surface area (Å²) < 4.78 is 0. The minimum atomic E-state index is -1.16. The van der Waals surface area contributed by atoms with Gasteiger partial charge in [0.2, 0.25) is 0 Å². The highest BCUT2D eigenvalue weighted by molar-refractivity contribution is 7.99. The van der Waals surface area contributed by atoms with Crippen molar-refractivity contribution >= 4 is 34.5 Å². The van der Waals surface area contributed by atoms with E-state index in [-0.39, 0.29) is 11.3 Å². The van der Waals surface area contributed by atoms with Crippen molar-refractivity contribution in [3.8, 4) is 0 Å². The minimum Gasteiger partial charge on any atom is -0.480 e. The van der Waals surface area contributed by atoms with Crippen LogP contribution in [0.2, 0.25) is 0 Å². The number of aromatic amines is 1. The molecule has 6 heteroatoms. The molecule has 25 heavy (non-hydrogen) atoms. The highest BCUT2D eigenvalue weighted by Gasteiger charge is 2.41. The van der Waals surface area contributed by atoms with Gasteiger partial charge in [-0.1, -0.05) is 32.9 Å². The number of amides is 1. The van der Waals surface area contributed by atoms with E-state index in [1.807, 2.05) is 6.07 Å². The van der Waals surface area contributed by atoms with Crippen molar-refractivity contribution in [3.63, 3.8) is 0 Å². The first-order valence-corrected chi connectivity index (χ1v) is 9.64. The molecular weight excluding hydrogens is 336 g/mol. The van der Waals surface area contributed by atoms with Crippen LogP contribution in [0.1, 0.15) is 49.7 Å². The molecule has 3 N–H and O–H groups in total. The van der Waals surface area contributed by atoms with Crippen molar-refractivity contribution in [2.24, 2.45) is 0 Å². The minimum absolute atomic E-state index is 0.0227. The first kappa shape index (κ1) is 17.9. The summed E-state index contributed by atoms with van der Waals surface area (Å²) in [5.74, 6) is 0.178. The maximum atomic E-state index is 12.7. The SMILES string of the molecule is CC(C)(C)c1ccc2cc(C(=O)NC3(C(=O)O)CCSCC3)[nH]c2c1. The number of aliphatic carboxylic acids is 1. The van der Waals surface area contributed by atoms with E-state index in [1.165, 1.54) is 5.56 Å². The number of nitrogens with one attached hydrogen (secondary N) is 2. The van der Waals surface area contributed by atoms with Crippen molar-refractivity contribution in [2.75, 3.05) is 11.5 Å². The summed E-state index contributed by atoms with van der Waals surface area (Å²) in [4.78, 5) is 27.5. The second-order valence-corrected chi connectivity index (χ2v) is 8.91. The summed E-state index contributed by atoms with van der Waals surface area (Å²) in [6, 6.07) is 7.89. The van der Waals surface area contributed by atoms with Crippen LogP contribution in [0.5, 0.6) is 0 Å². The number of carboxylic acids is 1. The van der Waals surface area contributed by atoms with Crippen LogP contribution in [0.15, 0.2) is 24.3 Å². The molecule has 1 saturated heterocycles. The number of rotatable bonds is 3. The summed E-state index contributed by atoms with van der Waals surface area (Å²) in [6.07, 6.45) is 0.903. The lowest BCUT2D eigenvalue weighted by atomic mass is 9.87. The molecule has 2 heterocycles.